The fourth-order valence-electron chi connectivity index (χ4n) is 1.61. The van der Waals surface area contributed by atoms with Crippen molar-refractivity contribution in [3.8, 4) is 5.88 Å². The Bertz CT molecular complexity index is 454. The van der Waals surface area contributed by atoms with Crippen LogP contribution in [-0.4, -0.2) is 51.4 Å². The van der Waals surface area contributed by atoms with Crippen molar-refractivity contribution in [3.63, 3.8) is 0 Å². The summed E-state index contributed by atoms with van der Waals surface area (Å²) in [7, 11) is 3.38. The number of carbonyl (C=O) groups is 1. The third-order valence-electron chi connectivity index (χ3n) is 2.72. The first-order chi connectivity index (χ1) is 10.1. The molecule has 0 bridgehead atoms. The Morgan fingerprint density at radius 3 is 2.86 bits per heavy atom. The van der Waals surface area contributed by atoms with Gasteiger partial charge in [-0.3, -0.25) is 4.79 Å². The standard InChI is InChI=1S/C14H24N4O3/c1-4-8-21-14-11(15)5-6-12(17-14)18(2)10-13(19)16-7-9-20-3/h5-6H,4,7-10,15H2,1-3H3,(H,16,19). The number of amides is 1. The van der Waals surface area contributed by atoms with Crippen molar-refractivity contribution in [1.82, 2.24) is 10.3 Å². The van der Waals surface area contributed by atoms with Crippen LogP contribution in [0.5, 0.6) is 5.88 Å². The minimum absolute atomic E-state index is 0.0933. The summed E-state index contributed by atoms with van der Waals surface area (Å²) >= 11 is 0. The number of nitrogens with one attached hydrogen (secondary N) is 1. The second kappa shape index (κ2) is 9.02. The van der Waals surface area contributed by atoms with E-state index in [4.69, 9.17) is 15.2 Å². The van der Waals surface area contributed by atoms with Crippen molar-refractivity contribution >= 4 is 17.4 Å². The SMILES string of the molecule is CCCOc1nc(N(C)CC(=O)NCCOC)ccc1N. The van der Waals surface area contributed by atoms with Gasteiger partial charge in [0.05, 0.1) is 25.4 Å². The summed E-state index contributed by atoms with van der Waals surface area (Å²) in [6, 6.07) is 3.49. The zero-order valence-electron chi connectivity index (χ0n) is 12.9. The van der Waals surface area contributed by atoms with Crippen LogP contribution in [0.1, 0.15) is 13.3 Å². The average molecular weight is 296 g/mol. The normalized spacial score (nSPS) is 10.2. The number of rotatable bonds is 9. The largest absolute Gasteiger partial charge is 0.476 e. The summed E-state index contributed by atoms with van der Waals surface area (Å²) in [6.45, 7) is 3.75. The van der Waals surface area contributed by atoms with Crippen LogP contribution < -0.4 is 20.7 Å². The van der Waals surface area contributed by atoms with Gasteiger partial charge in [-0.25, -0.2) is 0 Å². The van der Waals surface area contributed by atoms with Gasteiger partial charge < -0.3 is 25.4 Å². The van der Waals surface area contributed by atoms with Gasteiger partial charge in [0.15, 0.2) is 0 Å². The summed E-state index contributed by atoms with van der Waals surface area (Å²) in [5, 5.41) is 2.76. The molecule has 3 N–H and O–H groups in total. The molecular weight excluding hydrogens is 272 g/mol. The monoisotopic (exact) mass is 296 g/mol. The lowest BCUT2D eigenvalue weighted by Gasteiger charge is -2.19. The maximum absolute atomic E-state index is 11.7. The maximum Gasteiger partial charge on any atom is 0.239 e. The molecule has 0 saturated heterocycles. The van der Waals surface area contributed by atoms with E-state index in [9.17, 15) is 4.79 Å². The summed E-state index contributed by atoms with van der Waals surface area (Å²) < 4.78 is 10.4. The van der Waals surface area contributed by atoms with Gasteiger partial charge >= 0.3 is 0 Å². The number of nitrogen functional groups attached to an aromatic ring is 1. The van der Waals surface area contributed by atoms with Crippen LogP contribution in [0.3, 0.4) is 0 Å². The van der Waals surface area contributed by atoms with E-state index in [0.717, 1.165) is 6.42 Å². The van der Waals surface area contributed by atoms with Gasteiger partial charge in [0.1, 0.15) is 5.82 Å². The Labute approximate surface area is 125 Å². The van der Waals surface area contributed by atoms with E-state index >= 15 is 0 Å². The Kier molecular flexibility index (Phi) is 7.31. The first-order valence-corrected chi connectivity index (χ1v) is 6.94. The highest BCUT2D eigenvalue weighted by Gasteiger charge is 2.11. The zero-order valence-corrected chi connectivity index (χ0v) is 12.9. The number of pyridine rings is 1. The van der Waals surface area contributed by atoms with E-state index in [1.807, 2.05) is 6.92 Å². The maximum atomic E-state index is 11.7. The minimum Gasteiger partial charge on any atom is -0.476 e. The molecule has 0 radical (unpaired) electrons. The molecule has 1 heterocycles. The fraction of sp³-hybridized carbons (Fsp3) is 0.571. The van der Waals surface area contributed by atoms with Gasteiger partial charge in [-0.15, -0.1) is 0 Å². The van der Waals surface area contributed by atoms with E-state index in [1.54, 1.807) is 31.2 Å². The third-order valence-corrected chi connectivity index (χ3v) is 2.72. The summed E-state index contributed by atoms with van der Waals surface area (Å²) in [5.41, 5.74) is 6.30. The van der Waals surface area contributed by atoms with E-state index in [0.29, 0.717) is 37.1 Å². The predicted octanol–water partition coefficient (Wildman–Crippen LogP) is 0.651. The molecule has 1 aromatic heterocycles. The number of methoxy groups -OCH3 is 1. The Hall–Kier alpha value is -2.02. The van der Waals surface area contributed by atoms with Gasteiger partial charge in [0.25, 0.3) is 0 Å². The van der Waals surface area contributed by atoms with Crippen molar-refractivity contribution in [3.05, 3.63) is 12.1 Å². The first-order valence-electron chi connectivity index (χ1n) is 6.94. The highest BCUT2D eigenvalue weighted by atomic mass is 16.5. The van der Waals surface area contributed by atoms with Gasteiger partial charge in [0.2, 0.25) is 11.8 Å². The van der Waals surface area contributed by atoms with Crippen LogP contribution >= 0.6 is 0 Å². The van der Waals surface area contributed by atoms with Gasteiger partial charge in [0, 0.05) is 20.7 Å². The number of anilines is 2. The Morgan fingerprint density at radius 2 is 2.19 bits per heavy atom. The molecule has 1 aromatic rings. The Morgan fingerprint density at radius 1 is 1.43 bits per heavy atom. The molecule has 0 aliphatic heterocycles. The van der Waals surface area contributed by atoms with Crippen LogP contribution in [0.25, 0.3) is 0 Å². The van der Waals surface area contributed by atoms with Gasteiger partial charge in [-0.2, -0.15) is 4.98 Å². The molecule has 118 valence electrons. The zero-order chi connectivity index (χ0) is 15.7. The lowest BCUT2D eigenvalue weighted by atomic mass is 10.3. The molecule has 0 fully saturated rings. The van der Waals surface area contributed by atoms with Crippen LogP contribution in [0.15, 0.2) is 12.1 Å². The van der Waals surface area contributed by atoms with Gasteiger partial charge in [-0.05, 0) is 18.6 Å². The molecule has 7 nitrogen and oxygen atoms in total. The molecule has 0 unspecified atom stereocenters. The van der Waals surface area contributed by atoms with Gasteiger partial charge in [-0.1, -0.05) is 6.92 Å². The summed E-state index contributed by atoms with van der Waals surface area (Å²) in [6.07, 6.45) is 0.878. The summed E-state index contributed by atoms with van der Waals surface area (Å²) in [5.74, 6) is 0.947. The second-order valence-electron chi connectivity index (χ2n) is 4.61. The molecule has 0 aliphatic carbocycles. The molecular formula is C14H24N4O3. The molecule has 0 aliphatic rings. The van der Waals surface area contributed by atoms with E-state index in [-0.39, 0.29) is 12.5 Å². The number of aromatic nitrogens is 1. The molecule has 0 atom stereocenters. The topological polar surface area (TPSA) is 89.7 Å². The number of hydrogen-bond donors (Lipinski definition) is 2. The highest BCUT2D eigenvalue weighted by Crippen LogP contribution is 2.22. The number of nitrogens with two attached hydrogens (primary N) is 1. The van der Waals surface area contributed by atoms with E-state index in [1.165, 1.54) is 0 Å². The number of carbonyl (C=O) groups excluding carboxylic acids is 1. The highest BCUT2D eigenvalue weighted by molar-refractivity contribution is 5.80. The summed E-state index contributed by atoms with van der Waals surface area (Å²) in [4.78, 5) is 17.8. The number of hydrogen-bond acceptors (Lipinski definition) is 6. The quantitative estimate of drug-likeness (QED) is 0.650. The van der Waals surface area contributed by atoms with Crippen molar-refractivity contribution in [2.45, 2.75) is 13.3 Å². The first kappa shape index (κ1) is 17.0. The van der Waals surface area contributed by atoms with Crippen molar-refractivity contribution < 1.29 is 14.3 Å². The smallest absolute Gasteiger partial charge is 0.239 e. The predicted molar refractivity (Wildman–Crippen MR) is 82.6 cm³/mol. The molecule has 1 rings (SSSR count). The number of ether oxygens (including phenoxy) is 2. The van der Waals surface area contributed by atoms with E-state index in [2.05, 4.69) is 10.3 Å². The van der Waals surface area contributed by atoms with Crippen LogP contribution in [0.2, 0.25) is 0 Å². The molecule has 0 saturated carbocycles. The fourth-order valence-corrected chi connectivity index (χ4v) is 1.61. The minimum atomic E-state index is -0.0933. The lowest BCUT2D eigenvalue weighted by Crippen LogP contribution is -2.37. The van der Waals surface area contributed by atoms with Crippen molar-refractivity contribution in [2.24, 2.45) is 0 Å². The van der Waals surface area contributed by atoms with Crippen LogP contribution in [-0.2, 0) is 9.53 Å². The Balaban J connectivity index is 2.60. The van der Waals surface area contributed by atoms with E-state index < -0.39 is 0 Å². The van der Waals surface area contributed by atoms with Crippen molar-refractivity contribution in [2.75, 3.05) is 51.1 Å². The molecule has 7 heteroatoms. The number of likely N-dealkylation sites (N-methyl/N-ethyl adjacent to an activating group) is 1. The number of nitrogens with zero attached hydrogens (tertiary/aromatic N) is 2. The molecule has 0 spiro atoms. The van der Waals surface area contributed by atoms with Crippen LogP contribution in [0.4, 0.5) is 11.5 Å². The van der Waals surface area contributed by atoms with Crippen molar-refractivity contribution in [1.29, 1.82) is 0 Å². The van der Waals surface area contributed by atoms with Crippen LogP contribution in [0, 0.1) is 0 Å². The average Bonchev–Trinajstić information content (AvgIpc) is 2.46. The second-order valence-corrected chi connectivity index (χ2v) is 4.61. The molecule has 1 amide bonds. The third kappa shape index (κ3) is 5.86. The lowest BCUT2D eigenvalue weighted by molar-refractivity contribution is -0.119. The molecule has 21 heavy (non-hydrogen) atoms. The molecule has 0 aromatic carbocycles.